The van der Waals surface area contributed by atoms with Crippen LogP contribution < -0.4 is 0 Å². The number of hydrogen-bond donors (Lipinski definition) is 0. The standard InChI is InChI=1S/C16H20Br2O5/c1-9(19)23-11-6-7-14(2)10(15(11,3)13(21)22-4)5-8-16(17,18)12(14)20/h5,11H,6-8H2,1-4H3/t11-,14-,15+/m0/s1. The predicted octanol–water partition coefficient (Wildman–Crippen LogP) is 3.28. The van der Waals surface area contributed by atoms with Crippen LogP contribution in [-0.4, -0.2) is 34.2 Å². The zero-order valence-electron chi connectivity index (χ0n) is 13.6. The number of rotatable bonds is 2. The quantitative estimate of drug-likeness (QED) is 0.366. The molecule has 0 aromatic rings. The SMILES string of the molecule is COC(=O)[C@]1(C)C2=CCC(Br)(Br)C(=O)[C@@]2(C)CC[C@@H]1OC(C)=O. The van der Waals surface area contributed by atoms with E-state index in [9.17, 15) is 14.4 Å². The zero-order chi connectivity index (χ0) is 17.6. The number of ketones is 1. The summed E-state index contributed by atoms with van der Waals surface area (Å²) in [7, 11) is 1.30. The predicted molar refractivity (Wildman–Crippen MR) is 91.3 cm³/mol. The van der Waals surface area contributed by atoms with Gasteiger partial charge in [0.15, 0.2) is 5.78 Å². The molecule has 1 fully saturated rings. The first-order valence-electron chi connectivity index (χ1n) is 7.39. The summed E-state index contributed by atoms with van der Waals surface area (Å²) >= 11 is 6.85. The average Bonchev–Trinajstić information content (AvgIpc) is 2.46. The third-order valence-corrected chi connectivity index (χ3v) is 6.39. The van der Waals surface area contributed by atoms with Crippen molar-refractivity contribution in [2.24, 2.45) is 10.8 Å². The fraction of sp³-hybridized carbons (Fsp3) is 0.688. The highest BCUT2D eigenvalue weighted by Gasteiger charge is 2.62. The second kappa shape index (κ2) is 5.99. The zero-order valence-corrected chi connectivity index (χ0v) is 16.7. The van der Waals surface area contributed by atoms with E-state index in [-0.39, 0.29) is 5.78 Å². The van der Waals surface area contributed by atoms with Gasteiger partial charge in [0.1, 0.15) is 14.8 Å². The number of carbonyl (C=O) groups is 3. The van der Waals surface area contributed by atoms with Gasteiger partial charge in [-0.15, -0.1) is 0 Å². The lowest BCUT2D eigenvalue weighted by atomic mass is 9.54. The monoisotopic (exact) mass is 450 g/mol. The van der Waals surface area contributed by atoms with Gasteiger partial charge in [-0.05, 0) is 38.7 Å². The molecule has 0 aliphatic heterocycles. The number of hydrogen-bond acceptors (Lipinski definition) is 5. The van der Waals surface area contributed by atoms with Crippen LogP contribution in [0, 0.1) is 10.8 Å². The summed E-state index contributed by atoms with van der Waals surface area (Å²) < 4.78 is 9.55. The Labute approximate surface area is 152 Å². The first kappa shape index (κ1) is 18.6. The van der Waals surface area contributed by atoms with Gasteiger partial charge < -0.3 is 9.47 Å². The number of allylic oxidation sites excluding steroid dienone is 1. The summed E-state index contributed by atoms with van der Waals surface area (Å²) in [5.74, 6) is -0.976. The second-order valence-corrected chi connectivity index (χ2v) is 10.3. The van der Waals surface area contributed by atoms with E-state index in [1.807, 2.05) is 13.0 Å². The van der Waals surface area contributed by atoms with Crippen molar-refractivity contribution in [2.45, 2.75) is 49.4 Å². The number of carbonyl (C=O) groups excluding carboxylic acids is 3. The van der Waals surface area contributed by atoms with Crippen LogP contribution in [0.2, 0.25) is 0 Å². The lowest BCUT2D eigenvalue weighted by Crippen LogP contribution is -2.57. The van der Waals surface area contributed by atoms with Gasteiger partial charge in [0, 0.05) is 6.92 Å². The first-order chi connectivity index (χ1) is 10.5. The second-order valence-electron chi connectivity index (χ2n) is 6.52. The molecule has 0 aromatic carbocycles. The molecule has 0 bridgehead atoms. The molecule has 0 heterocycles. The maximum absolute atomic E-state index is 12.9. The molecule has 3 atom stereocenters. The molecule has 0 spiro atoms. The number of Topliss-reactive ketones (excluding diaryl/α,β-unsaturated/α-hetero) is 1. The molecule has 0 unspecified atom stereocenters. The highest BCUT2D eigenvalue weighted by Crippen LogP contribution is 2.58. The van der Waals surface area contributed by atoms with Gasteiger partial charge in [-0.3, -0.25) is 14.4 Å². The van der Waals surface area contributed by atoms with Crippen LogP contribution in [0.5, 0.6) is 0 Å². The molecule has 0 radical (unpaired) electrons. The fourth-order valence-electron chi connectivity index (χ4n) is 3.82. The number of halogens is 2. The van der Waals surface area contributed by atoms with Gasteiger partial charge >= 0.3 is 11.9 Å². The number of methoxy groups -OCH3 is 1. The fourth-order valence-corrected chi connectivity index (χ4v) is 5.02. The van der Waals surface area contributed by atoms with Crippen molar-refractivity contribution < 1.29 is 23.9 Å². The summed E-state index contributed by atoms with van der Waals surface area (Å²) in [6.07, 6.45) is 2.56. The van der Waals surface area contributed by atoms with E-state index in [4.69, 9.17) is 9.47 Å². The Balaban J connectivity index is 2.59. The van der Waals surface area contributed by atoms with E-state index in [0.717, 1.165) is 0 Å². The molecule has 1 saturated carbocycles. The summed E-state index contributed by atoms with van der Waals surface area (Å²) in [5, 5.41) is 0. The Hall–Kier alpha value is -0.690. The van der Waals surface area contributed by atoms with Crippen molar-refractivity contribution in [3.8, 4) is 0 Å². The summed E-state index contributed by atoms with van der Waals surface area (Å²) in [4.78, 5) is 36.9. The summed E-state index contributed by atoms with van der Waals surface area (Å²) in [5.41, 5.74) is -1.31. The molecular weight excluding hydrogens is 432 g/mol. The van der Waals surface area contributed by atoms with Crippen molar-refractivity contribution in [1.29, 1.82) is 0 Å². The lowest BCUT2D eigenvalue weighted by Gasteiger charge is -2.51. The van der Waals surface area contributed by atoms with Crippen LogP contribution in [0.1, 0.15) is 40.0 Å². The van der Waals surface area contributed by atoms with E-state index < -0.39 is 32.1 Å². The number of esters is 2. The molecule has 0 aromatic heterocycles. The third kappa shape index (κ3) is 2.80. The minimum Gasteiger partial charge on any atom is -0.468 e. The van der Waals surface area contributed by atoms with E-state index in [0.29, 0.717) is 24.8 Å². The van der Waals surface area contributed by atoms with Crippen LogP contribution in [0.4, 0.5) is 0 Å². The lowest BCUT2D eigenvalue weighted by molar-refractivity contribution is -0.171. The van der Waals surface area contributed by atoms with Crippen LogP contribution >= 0.6 is 31.9 Å². The molecule has 23 heavy (non-hydrogen) atoms. The average molecular weight is 452 g/mol. The third-order valence-electron chi connectivity index (χ3n) is 5.02. The number of ether oxygens (including phenoxy) is 2. The smallest absolute Gasteiger partial charge is 0.319 e. The molecule has 128 valence electrons. The van der Waals surface area contributed by atoms with Gasteiger partial charge in [-0.25, -0.2) is 0 Å². The van der Waals surface area contributed by atoms with Crippen molar-refractivity contribution in [2.75, 3.05) is 7.11 Å². The highest BCUT2D eigenvalue weighted by atomic mass is 79.9. The first-order valence-corrected chi connectivity index (χ1v) is 8.98. The molecule has 0 amide bonds. The Bertz CT molecular complexity index is 597. The Morgan fingerprint density at radius 3 is 2.43 bits per heavy atom. The van der Waals surface area contributed by atoms with Gasteiger partial charge in [-0.1, -0.05) is 37.9 Å². The maximum atomic E-state index is 12.9. The molecule has 2 rings (SSSR count). The number of fused-ring (bicyclic) bond motifs is 1. The largest absolute Gasteiger partial charge is 0.468 e. The topological polar surface area (TPSA) is 69.7 Å². The molecule has 5 nitrogen and oxygen atoms in total. The molecular formula is C16H20Br2O5. The maximum Gasteiger partial charge on any atom is 0.319 e. The van der Waals surface area contributed by atoms with Gasteiger partial charge in [-0.2, -0.15) is 0 Å². The van der Waals surface area contributed by atoms with E-state index >= 15 is 0 Å². The van der Waals surface area contributed by atoms with Gasteiger partial charge in [0.25, 0.3) is 0 Å². The van der Waals surface area contributed by atoms with Crippen molar-refractivity contribution in [1.82, 2.24) is 0 Å². The minimum absolute atomic E-state index is 0.0288. The van der Waals surface area contributed by atoms with E-state index in [2.05, 4.69) is 31.9 Å². The van der Waals surface area contributed by atoms with Crippen molar-refractivity contribution in [3.05, 3.63) is 11.6 Å². The van der Waals surface area contributed by atoms with Crippen molar-refractivity contribution >= 4 is 49.6 Å². The molecule has 2 aliphatic rings. The van der Waals surface area contributed by atoms with Gasteiger partial charge in [0.05, 0.1) is 12.5 Å². The van der Waals surface area contributed by atoms with Crippen LogP contribution in [0.25, 0.3) is 0 Å². The molecule has 0 N–H and O–H groups in total. The van der Waals surface area contributed by atoms with E-state index in [1.165, 1.54) is 14.0 Å². The van der Waals surface area contributed by atoms with Gasteiger partial charge in [0.2, 0.25) is 0 Å². The molecule has 2 aliphatic carbocycles. The van der Waals surface area contributed by atoms with E-state index in [1.54, 1.807) is 6.92 Å². The Morgan fingerprint density at radius 2 is 1.91 bits per heavy atom. The molecule has 7 heteroatoms. The number of alkyl halides is 2. The molecule has 0 saturated heterocycles. The normalized spacial score (nSPS) is 35.8. The van der Waals surface area contributed by atoms with Crippen LogP contribution in [0.3, 0.4) is 0 Å². The van der Waals surface area contributed by atoms with Crippen LogP contribution in [0.15, 0.2) is 11.6 Å². The minimum atomic E-state index is -1.17. The highest BCUT2D eigenvalue weighted by molar-refractivity contribution is 9.25. The van der Waals surface area contributed by atoms with Crippen LogP contribution in [-0.2, 0) is 23.9 Å². The van der Waals surface area contributed by atoms with Crippen molar-refractivity contribution in [3.63, 3.8) is 0 Å². The Kier molecular flexibility index (Phi) is 4.86. The summed E-state index contributed by atoms with van der Waals surface area (Å²) in [6, 6.07) is 0. The Morgan fingerprint density at radius 1 is 1.30 bits per heavy atom. The summed E-state index contributed by atoms with van der Waals surface area (Å²) in [6.45, 7) is 4.84.